The predicted molar refractivity (Wildman–Crippen MR) is 121 cm³/mol. The van der Waals surface area contributed by atoms with Gasteiger partial charge in [-0.25, -0.2) is 9.97 Å². The smallest absolute Gasteiger partial charge is 0.241 e. The SMILES string of the molecule is COc1ccc(NC(=O)[C@@H](C)N2CCN(c3cc(C)nc(C(C)C)n3)CC2)cc1Cl. The standard InChI is InChI=1S/C22H30ClN5O2/c1-14(2)21-24-15(3)12-20(26-21)28-10-8-27(9-11-28)16(4)22(29)25-17-6-7-19(30-5)18(23)13-17/h6-7,12-14,16H,8-11H2,1-5H3,(H,25,29)/t16-/m1/s1. The molecular formula is C22H30ClN5O2. The molecule has 30 heavy (non-hydrogen) atoms. The van der Waals surface area contributed by atoms with Gasteiger partial charge in [0.05, 0.1) is 18.2 Å². The van der Waals surface area contributed by atoms with Crippen LogP contribution < -0.4 is 15.0 Å². The van der Waals surface area contributed by atoms with E-state index in [0.717, 1.165) is 43.5 Å². The summed E-state index contributed by atoms with van der Waals surface area (Å²) in [7, 11) is 1.56. The van der Waals surface area contributed by atoms with E-state index in [1.54, 1.807) is 25.3 Å². The molecule has 1 fully saturated rings. The molecule has 2 heterocycles. The van der Waals surface area contributed by atoms with E-state index in [1.165, 1.54) is 0 Å². The lowest BCUT2D eigenvalue weighted by molar-refractivity contribution is -0.120. The van der Waals surface area contributed by atoms with Gasteiger partial charge in [-0.1, -0.05) is 25.4 Å². The number of piperazine rings is 1. The van der Waals surface area contributed by atoms with Crippen molar-refractivity contribution in [1.29, 1.82) is 0 Å². The van der Waals surface area contributed by atoms with Crippen molar-refractivity contribution in [2.45, 2.75) is 39.7 Å². The van der Waals surface area contributed by atoms with Crippen molar-refractivity contribution >= 4 is 29.0 Å². The number of carbonyl (C=O) groups excluding carboxylic acids is 1. The molecule has 0 radical (unpaired) electrons. The Morgan fingerprint density at radius 2 is 1.83 bits per heavy atom. The molecule has 2 aromatic rings. The molecule has 3 rings (SSSR count). The number of ether oxygens (including phenoxy) is 1. The molecule has 0 unspecified atom stereocenters. The fourth-order valence-electron chi connectivity index (χ4n) is 3.49. The number of nitrogens with zero attached hydrogens (tertiary/aromatic N) is 4. The summed E-state index contributed by atoms with van der Waals surface area (Å²) in [6.07, 6.45) is 0. The molecule has 162 valence electrons. The fourth-order valence-corrected chi connectivity index (χ4v) is 3.75. The third-order valence-corrected chi connectivity index (χ3v) is 5.65. The zero-order valence-electron chi connectivity index (χ0n) is 18.3. The normalized spacial score (nSPS) is 15.9. The Morgan fingerprint density at radius 1 is 1.13 bits per heavy atom. The van der Waals surface area contributed by atoms with Crippen LogP contribution in [0.2, 0.25) is 5.02 Å². The summed E-state index contributed by atoms with van der Waals surface area (Å²) in [4.78, 5) is 26.5. The monoisotopic (exact) mass is 431 g/mol. The number of methoxy groups -OCH3 is 1. The van der Waals surface area contributed by atoms with Crippen molar-refractivity contribution in [3.05, 3.63) is 40.8 Å². The molecule has 1 N–H and O–H groups in total. The van der Waals surface area contributed by atoms with Gasteiger partial charge in [-0.2, -0.15) is 0 Å². The molecule has 0 spiro atoms. The Kier molecular flexibility index (Phi) is 7.15. The number of aromatic nitrogens is 2. The van der Waals surface area contributed by atoms with E-state index < -0.39 is 0 Å². The molecule has 8 heteroatoms. The van der Waals surface area contributed by atoms with Crippen LogP contribution in [-0.2, 0) is 4.79 Å². The topological polar surface area (TPSA) is 70.6 Å². The van der Waals surface area contributed by atoms with Crippen LogP contribution in [0.25, 0.3) is 0 Å². The van der Waals surface area contributed by atoms with Crippen molar-refractivity contribution < 1.29 is 9.53 Å². The van der Waals surface area contributed by atoms with E-state index in [2.05, 4.69) is 33.9 Å². The number of rotatable bonds is 6. The number of aryl methyl sites for hydroxylation is 1. The molecule has 7 nitrogen and oxygen atoms in total. The summed E-state index contributed by atoms with van der Waals surface area (Å²) in [5.74, 6) is 2.67. The highest BCUT2D eigenvalue weighted by Gasteiger charge is 2.26. The van der Waals surface area contributed by atoms with Gasteiger partial charge in [0, 0.05) is 49.5 Å². The Bertz CT molecular complexity index is 897. The summed E-state index contributed by atoms with van der Waals surface area (Å²) >= 11 is 6.15. The largest absolute Gasteiger partial charge is 0.495 e. The van der Waals surface area contributed by atoms with Gasteiger partial charge in [0.1, 0.15) is 17.4 Å². The summed E-state index contributed by atoms with van der Waals surface area (Å²) in [5, 5.41) is 3.42. The zero-order valence-corrected chi connectivity index (χ0v) is 19.0. The third kappa shape index (κ3) is 5.21. The molecule has 1 aromatic heterocycles. The van der Waals surface area contributed by atoms with Gasteiger partial charge >= 0.3 is 0 Å². The van der Waals surface area contributed by atoms with E-state index >= 15 is 0 Å². The summed E-state index contributed by atoms with van der Waals surface area (Å²) in [6, 6.07) is 7.03. The minimum atomic E-state index is -0.244. The third-order valence-electron chi connectivity index (χ3n) is 5.36. The second-order valence-electron chi connectivity index (χ2n) is 7.92. The highest BCUT2D eigenvalue weighted by atomic mass is 35.5. The summed E-state index contributed by atoms with van der Waals surface area (Å²) in [6.45, 7) is 11.4. The minimum Gasteiger partial charge on any atom is -0.495 e. The molecule has 1 aliphatic rings. The van der Waals surface area contributed by atoms with Gasteiger partial charge < -0.3 is 15.0 Å². The average Bonchev–Trinajstić information content (AvgIpc) is 2.73. The Labute approximate surface area is 183 Å². The quantitative estimate of drug-likeness (QED) is 0.751. The number of halogens is 1. The molecule has 1 atom stereocenters. The predicted octanol–water partition coefficient (Wildman–Crippen LogP) is 3.72. The Balaban J connectivity index is 1.59. The lowest BCUT2D eigenvalue weighted by Gasteiger charge is -2.38. The van der Waals surface area contributed by atoms with Crippen LogP contribution in [0.1, 0.15) is 38.2 Å². The molecular weight excluding hydrogens is 402 g/mol. The van der Waals surface area contributed by atoms with Crippen molar-refractivity contribution in [2.24, 2.45) is 0 Å². The average molecular weight is 432 g/mol. The van der Waals surface area contributed by atoms with Crippen LogP contribution in [0.4, 0.5) is 11.5 Å². The van der Waals surface area contributed by atoms with E-state index in [-0.39, 0.29) is 11.9 Å². The van der Waals surface area contributed by atoms with Crippen LogP contribution in [0.3, 0.4) is 0 Å². The number of hydrogen-bond donors (Lipinski definition) is 1. The Hall–Kier alpha value is -2.38. The van der Waals surface area contributed by atoms with Gasteiger partial charge in [-0.15, -0.1) is 0 Å². The molecule has 0 saturated carbocycles. The lowest BCUT2D eigenvalue weighted by atomic mass is 10.2. The highest BCUT2D eigenvalue weighted by molar-refractivity contribution is 6.32. The maximum atomic E-state index is 12.7. The van der Waals surface area contributed by atoms with Gasteiger partial charge in [-0.3, -0.25) is 9.69 Å². The van der Waals surface area contributed by atoms with Crippen LogP contribution in [0.5, 0.6) is 5.75 Å². The Morgan fingerprint density at radius 3 is 2.43 bits per heavy atom. The van der Waals surface area contributed by atoms with E-state index in [1.807, 2.05) is 19.9 Å². The summed E-state index contributed by atoms with van der Waals surface area (Å²) < 4.78 is 5.16. The van der Waals surface area contributed by atoms with Crippen molar-refractivity contribution in [1.82, 2.24) is 14.9 Å². The molecule has 1 saturated heterocycles. The van der Waals surface area contributed by atoms with Crippen LogP contribution >= 0.6 is 11.6 Å². The van der Waals surface area contributed by atoms with Crippen LogP contribution in [-0.4, -0.2) is 60.1 Å². The number of carbonyl (C=O) groups is 1. The number of anilines is 2. The summed E-state index contributed by atoms with van der Waals surface area (Å²) in [5.41, 5.74) is 1.64. The first-order chi connectivity index (χ1) is 14.3. The second-order valence-corrected chi connectivity index (χ2v) is 8.33. The highest BCUT2D eigenvalue weighted by Crippen LogP contribution is 2.27. The van der Waals surface area contributed by atoms with Gasteiger partial charge in [0.25, 0.3) is 0 Å². The number of hydrogen-bond acceptors (Lipinski definition) is 6. The molecule has 1 amide bonds. The molecule has 0 aliphatic carbocycles. The number of amides is 1. The van der Waals surface area contributed by atoms with Gasteiger partial charge in [0.15, 0.2) is 0 Å². The first kappa shape index (κ1) is 22.3. The maximum absolute atomic E-state index is 12.7. The zero-order chi connectivity index (χ0) is 21.8. The van der Waals surface area contributed by atoms with Crippen LogP contribution in [0.15, 0.2) is 24.3 Å². The van der Waals surface area contributed by atoms with Crippen molar-refractivity contribution in [3.8, 4) is 5.75 Å². The van der Waals surface area contributed by atoms with Gasteiger partial charge in [-0.05, 0) is 32.0 Å². The van der Waals surface area contributed by atoms with Crippen LogP contribution in [0, 0.1) is 6.92 Å². The number of nitrogens with one attached hydrogen (secondary N) is 1. The first-order valence-corrected chi connectivity index (χ1v) is 10.6. The van der Waals surface area contributed by atoms with Crippen molar-refractivity contribution in [3.63, 3.8) is 0 Å². The second kappa shape index (κ2) is 9.62. The minimum absolute atomic E-state index is 0.0512. The van der Waals surface area contributed by atoms with Gasteiger partial charge in [0.2, 0.25) is 5.91 Å². The maximum Gasteiger partial charge on any atom is 0.241 e. The molecule has 1 aliphatic heterocycles. The van der Waals surface area contributed by atoms with E-state index in [9.17, 15) is 4.79 Å². The van der Waals surface area contributed by atoms with E-state index in [0.29, 0.717) is 22.4 Å². The first-order valence-electron chi connectivity index (χ1n) is 10.3. The number of benzene rings is 1. The lowest BCUT2D eigenvalue weighted by Crippen LogP contribution is -2.53. The van der Waals surface area contributed by atoms with Crippen molar-refractivity contribution in [2.75, 3.05) is 43.5 Å². The fraction of sp³-hybridized carbons (Fsp3) is 0.500. The molecule has 1 aromatic carbocycles. The molecule has 0 bridgehead atoms. The van der Waals surface area contributed by atoms with E-state index in [4.69, 9.17) is 21.3 Å².